The molecule has 0 aliphatic carbocycles. The molecule has 0 N–H and O–H groups in total. The van der Waals surface area contributed by atoms with Crippen LogP contribution in [0, 0.1) is 10.1 Å². The van der Waals surface area contributed by atoms with Crippen LogP contribution >= 0.6 is 9.39 Å². The number of rotatable bonds is 1. The van der Waals surface area contributed by atoms with Gasteiger partial charge in [0.15, 0.2) is 0 Å². The van der Waals surface area contributed by atoms with Gasteiger partial charge in [0, 0.05) is 17.9 Å². The van der Waals surface area contributed by atoms with Crippen molar-refractivity contribution < 1.29 is 4.92 Å². The third-order valence-corrected chi connectivity index (χ3v) is 1.96. The van der Waals surface area contributed by atoms with Gasteiger partial charge >= 0.3 is 0 Å². The zero-order valence-electron chi connectivity index (χ0n) is 4.99. The van der Waals surface area contributed by atoms with Gasteiger partial charge in [-0.05, 0) is 0 Å². The van der Waals surface area contributed by atoms with Crippen LogP contribution in [0.5, 0.6) is 0 Å². The molecule has 0 aromatic rings. The minimum absolute atomic E-state index is 0.204. The topological polar surface area (TPSA) is 46.4 Å². The van der Waals surface area contributed by atoms with Gasteiger partial charge in [-0.2, -0.15) is 0 Å². The van der Waals surface area contributed by atoms with Gasteiger partial charge in [0.1, 0.15) is 0 Å². The second kappa shape index (κ2) is 2.58. The highest BCUT2D eigenvalue weighted by Crippen LogP contribution is 2.14. The van der Waals surface area contributed by atoms with Crippen LogP contribution in [0.4, 0.5) is 0 Å². The first-order chi connectivity index (χ1) is 4.20. The molecule has 2 unspecified atom stereocenters. The molecule has 4 nitrogen and oxygen atoms in total. The van der Waals surface area contributed by atoms with Gasteiger partial charge in [0.25, 0.3) is 0 Å². The Kier molecular flexibility index (Phi) is 1.98. The largest absolute Gasteiger partial charge is 0.280 e. The van der Waals surface area contributed by atoms with Gasteiger partial charge in [-0.15, -0.1) is 0 Å². The van der Waals surface area contributed by atoms with Crippen LogP contribution in [0.3, 0.4) is 0 Å². The van der Waals surface area contributed by atoms with E-state index in [9.17, 15) is 10.1 Å². The van der Waals surface area contributed by atoms with Crippen LogP contribution in [-0.2, 0) is 0 Å². The summed E-state index contributed by atoms with van der Waals surface area (Å²) < 4.78 is 1.90. The van der Waals surface area contributed by atoms with Crippen LogP contribution < -0.4 is 0 Å². The summed E-state index contributed by atoms with van der Waals surface area (Å²) in [6.45, 7) is 1.41. The number of nitrogens with zero attached hydrogens (tertiary/aromatic N) is 2. The van der Waals surface area contributed by atoms with Crippen molar-refractivity contribution in [3.8, 4) is 0 Å². The van der Waals surface area contributed by atoms with Gasteiger partial charge in [-0.1, -0.05) is 9.39 Å². The number of nitro groups is 1. The second-order valence-corrected chi connectivity index (χ2v) is 2.95. The standard InChI is InChI=1S/C4H9N2O2P/c7-6(8)4-1-2-5(9)3-4/h4H,1-3,9H2. The zero-order valence-corrected chi connectivity index (χ0v) is 6.14. The van der Waals surface area contributed by atoms with E-state index in [1.807, 2.05) is 4.67 Å². The smallest absolute Gasteiger partial charge is 0.227 e. The Morgan fingerprint density at radius 3 is 2.67 bits per heavy atom. The lowest BCUT2D eigenvalue weighted by atomic mass is 10.3. The lowest BCUT2D eigenvalue weighted by Gasteiger charge is -2.02. The van der Waals surface area contributed by atoms with E-state index in [0.29, 0.717) is 13.0 Å². The second-order valence-electron chi connectivity index (χ2n) is 2.22. The molecule has 1 aliphatic rings. The van der Waals surface area contributed by atoms with Crippen LogP contribution in [0.25, 0.3) is 0 Å². The first-order valence-electron chi connectivity index (χ1n) is 2.83. The van der Waals surface area contributed by atoms with Crippen molar-refractivity contribution in [1.29, 1.82) is 0 Å². The maximum absolute atomic E-state index is 10.1. The van der Waals surface area contributed by atoms with Crippen molar-refractivity contribution in [2.24, 2.45) is 0 Å². The summed E-state index contributed by atoms with van der Waals surface area (Å²) in [7, 11) is 2.47. The highest BCUT2D eigenvalue weighted by molar-refractivity contribution is 7.13. The molecule has 1 heterocycles. The first kappa shape index (κ1) is 6.90. The van der Waals surface area contributed by atoms with E-state index < -0.39 is 0 Å². The molecule has 1 aliphatic heterocycles. The normalized spacial score (nSPS) is 28.8. The van der Waals surface area contributed by atoms with Crippen molar-refractivity contribution in [2.45, 2.75) is 12.5 Å². The van der Waals surface area contributed by atoms with Gasteiger partial charge < -0.3 is 0 Å². The molecule has 0 radical (unpaired) electrons. The van der Waals surface area contributed by atoms with Crippen LogP contribution in [-0.4, -0.2) is 28.7 Å². The van der Waals surface area contributed by atoms with E-state index in [-0.39, 0.29) is 11.0 Å². The fourth-order valence-corrected chi connectivity index (χ4v) is 1.33. The Morgan fingerprint density at radius 2 is 2.44 bits per heavy atom. The third kappa shape index (κ3) is 1.60. The molecular weight excluding hydrogens is 139 g/mol. The molecule has 52 valence electrons. The Bertz CT molecular complexity index is 130. The van der Waals surface area contributed by atoms with E-state index in [0.717, 1.165) is 6.54 Å². The number of hydrogen-bond acceptors (Lipinski definition) is 3. The van der Waals surface area contributed by atoms with Crippen molar-refractivity contribution in [1.82, 2.24) is 4.67 Å². The molecule has 1 rings (SSSR count). The molecule has 0 saturated carbocycles. The Hall–Kier alpha value is -0.210. The van der Waals surface area contributed by atoms with Crippen molar-refractivity contribution >= 4 is 9.39 Å². The summed E-state index contributed by atoms with van der Waals surface area (Å²) in [5.41, 5.74) is 0. The molecule has 5 heteroatoms. The molecule has 9 heavy (non-hydrogen) atoms. The third-order valence-electron chi connectivity index (χ3n) is 1.49. The summed E-state index contributed by atoms with van der Waals surface area (Å²) in [4.78, 5) is 9.91. The minimum Gasteiger partial charge on any atom is -0.280 e. The molecule has 1 fully saturated rings. The Morgan fingerprint density at radius 1 is 1.78 bits per heavy atom. The highest BCUT2D eigenvalue weighted by Gasteiger charge is 2.28. The van der Waals surface area contributed by atoms with E-state index in [4.69, 9.17) is 0 Å². The maximum atomic E-state index is 10.1. The highest BCUT2D eigenvalue weighted by atomic mass is 31.0. The van der Waals surface area contributed by atoms with Gasteiger partial charge in [0.05, 0.1) is 6.54 Å². The van der Waals surface area contributed by atoms with Gasteiger partial charge in [0.2, 0.25) is 6.04 Å². The van der Waals surface area contributed by atoms with Crippen molar-refractivity contribution in [3.05, 3.63) is 10.1 Å². The number of hydrogen-bond donors (Lipinski definition) is 0. The Balaban J connectivity index is 2.39. The van der Waals surface area contributed by atoms with Gasteiger partial charge in [-0.3, -0.25) is 14.8 Å². The predicted octanol–water partition coefficient (Wildman–Crippen LogP) is 0.127. The SMILES string of the molecule is O=[N+]([O-])C1CCN(P)C1. The fourth-order valence-electron chi connectivity index (χ4n) is 0.940. The molecule has 0 spiro atoms. The average molecular weight is 148 g/mol. The molecule has 0 aromatic carbocycles. The van der Waals surface area contributed by atoms with Crippen LogP contribution in [0.2, 0.25) is 0 Å². The molecular formula is C4H9N2O2P. The molecule has 2 atom stereocenters. The lowest BCUT2D eigenvalue weighted by molar-refractivity contribution is -0.517. The summed E-state index contributed by atoms with van der Waals surface area (Å²) in [5.74, 6) is 0. The zero-order chi connectivity index (χ0) is 6.85. The predicted molar refractivity (Wildman–Crippen MR) is 36.7 cm³/mol. The first-order valence-corrected chi connectivity index (χ1v) is 3.35. The molecule has 0 aromatic heterocycles. The molecule has 1 saturated heterocycles. The van der Waals surface area contributed by atoms with Gasteiger partial charge in [-0.25, -0.2) is 0 Å². The van der Waals surface area contributed by atoms with E-state index in [1.54, 1.807) is 0 Å². The van der Waals surface area contributed by atoms with Crippen molar-refractivity contribution in [2.75, 3.05) is 13.1 Å². The van der Waals surface area contributed by atoms with E-state index in [1.165, 1.54) is 0 Å². The van der Waals surface area contributed by atoms with E-state index >= 15 is 0 Å². The lowest BCUT2D eigenvalue weighted by Crippen LogP contribution is -2.20. The maximum Gasteiger partial charge on any atom is 0.227 e. The van der Waals surface area contributed by atoms with E-state index in [2.05, 4.69) is 9.39 Å². The average Bonchev–Trinajstić information content (AvgIpc) is 2.14. The van der Waals surface area contributed by atoms with Crippen LogP contribution in [0.1, 0.15) is 6.42 Å². The summed E-state index contributed by atoms with van der Waals surface area (Å²) in [6.07, 6.45) is 0.691. The van der Waals surface area contributed by atoms with Crippen LogP contribution in [0.15, 0.2) is 0 Å². The molecule has 0 amide bonds. The quantitative estimate of drug-likeness (QED) is 0.301. The minimum atomic E-state index is -0.331. The summed E-state index contributed by atoms with van der Waals surface area (Å²) in [5, 5.41) is 10.1. The Labute approximate surface area is 55.6 Å². The fraction of sp³-hybridized carbons (Fsp3) is 1.00. The summed E-state index contributed by atoms with van der Waals surface area (Å²) >= 11 is 0. The summed E-state index contributed by atoms with van der Waals surface area (Å²) in [6, 6.07) is -0.331. The van der Waals surface area contributed by atoms with Crippen molar-refractivity contribution in [3.63, 3.8) is 0 Å². The molecule has 0 bridgehead atoms. The monoisotopic (exact) mass is 148 g/mol.